The molecule has 0 aliphatic carbocycles. The van der Waals surface area contributed by atoms with E-state index in [0.717, 1.165) is 24.4 Å². The summed E-state index contributed by atoms with van der Waals surface area (Å²) in [7, 11) is 0. The normalized spacial score (nSPS) is 10.9. The molecule has 3 aromatic carbocycles. The molecular formula is C23H23NO2S. The summed E-state index contributed by atoms with van der Waals surface area (Å²) in [5.74, 6) is -0.899. The molecule has 0 radical (unpaired) electrons. The molecule has 0 unspecified atom stereocenters. The third kappa shape index (κ3) is 5.71. The van der Waals surface area contributed by atoms with Gasteiger partial charge in [0, 0.05) is 18.0 Å². The van der Waals surface area contributed by atoms with Crippen LogP contribution in [0, 0.1) is 0 Å². The van der Waals surface area contributed by atoms with Crippen LogP contribution in [0.15, 0.2) is 83.8 Å². The number of carboxylic acid groups (broad SMARTS) is 1. The average Bonchev–Trinajstić information content (AvgIpc) is 2.70. The van der Waals surface area contributed by atoms with Crippen LogP contribution < -0.4 is 0 Å². The van der Waals surface area contributed by atoms with E-state index < -0.39 is 5.97 Å². The predicted octanol–water partition coefficient (Wildman–Crippen LogP) is 5.66. The summed E-state index contributed by atoms with van der Waals surface area (Å²) in [6, 6.07) is 26.2. The Hall–Kier alpha value is -2.56. The van der Waals surface area contributed by atoms with Crippen molar-refractivity contribution >= 4 is 17.9 Å². The zero-order chi connectivity index (χ0) is 19.1. The maximum absolute atomic E-state index is 11.1. The van der Waals surface area contributed by atoms with E-state index in [-0.39, 0.29) is 0 Å². The van der Waals surface area contributed by atoms with Crippen molar-refractivity contribution in [2.75, 3.05) is 0 Å². The van der Waals surface area contributed by atoms with Gasteiger partial charge in [-0.1, -0.05) is 61.5 Å². The number of rotatable bonds is 8. The van der Waals surface area contributed by atoms with Crippen LogP contribution in [0.1, 0.15) is 34.0 Å². The van der Waals surface area contributed by atoms with E-state index in [1.54, 1.807) is 24.1 Å². The van der Waals surface area contributed by atoms with Gasteiger partial charge in [0.1, 0.15) is 0 Å². The molecule has 0 fully saturated rings. The van der Waals surface area contributed by atoms with E-state index in [9.17, 15) is 4.79 Å². The fourth-order valence-corrected chi connectivity index (χ4v) is 3.78. The Morgan fingerprint density at radius 2 is 1.37 bits per heavy atom. The van der Waals surface area contributed by atoms with Crippen molar-refractivity contribution in [1.82, 2.24) is 4.31 Å². The maximum atomic E-state index is 11.1. The molecule has 0 saturated heterocycles. The minimum absolute atomic E-state index is 0.309. The fraction of sp³-hybridized carbons (Fsp3) is 0.174. The Morgan fingerprint density at radius 3 is 1.93 bits per heavy atom. The Labute approximate surface area is 164 Å². The highest BCUT2D eigenvalue weighted by atomic mass is 32.2. The summed E-state index contributed by atoms with van der Waals surface area (Å²) in [6.07, 6.45) is 1.04. The van der Waals surface area contributed by atoms with Crippen molar-refractivity contribution in [3.05, 3.63) is 101 Å². The first-order valence-corrected chi connectivity index (χ1v) is 9.79. The van der Waals surface area contributed by atoms with Crippen LogP contribution in [0.2, 0.25) is 0 Å². The lowest BCUT2D eigenvalue weighted by Crippen LogP contribution is -2.15. The number of carbonyl (C=O) groups is 1. The van der Waals surface area contributed by atoms with E-state index >= 15 is 0 Å². The van der Waals surface area contributed by atoms with Crippen molar-refractivity contribution in [1.29, 1.82) is 0 Å². The number of aryl methyl sites for hydroxylation is 1. The summed E-state index contributed by atoms with van der Waals surface area (Å²) < 4.78 is 2.30. The zero-order valence-electron chi connectivity index (χ0n) is 15.3. The van der Waals surface area contributed by atoms with Crippen molar-refractivity contribution in [2.45, 2.75) is 31.3 Å². The molecule has 0 bridgehead atoms. The molecule has 0 heterocycles. The van der Waals surface area contributed by atoms with E-state index in [1.165, 1.54) is 16.7 Å². The van der Waals surface area contributed by atoms with Crippen molar-refractivity contribution in [2.24, 2.45) is 0 Å². The topological polar surface area (TPSA) is 40.5 Å². The van der Waals surface area contributed by atoms with Crippen LogP contribution in [0.25, 0.3) is 0 Å². The van der Waals surface area contributed by atoms with Gasteiger partial charge in [0.05, 0.1) is 5.56 Å². The molecular weight excluding hydrogens is 354 g/mol. The molecule has 3 nitrogen and oxygen atoms in total. The molecule has 4 heteroatoms. The molecule has 27 heavy (non-hydrogen) atoms. The molecule has 1 N–H and O–H groups in total. The summed E-state index contributed by atoms with van der Waals surface area (Å²) in [4.78, 5) is 12.1. The van der Waals surface area contributed by atoms with Gasteiger partial charge in [-0.3, -0.25) is 0 Å². The minimum atomic E-state index is -0.899. The molecule has 0 aliphatic rings. The van der Waals surface area contributed by atoms with Gasteiger partial charge < -0.3 is 5.11 Å². The Morgan fingerprint density at radius 1 is 0.815 bits per heavy atom. The highest BCUT2D eigenvalue weighted by molar-refractivity contribution is 7.97. The van der Waals surface area contributed by atoms with Gasteiger partial charge in [-0.2, -0.15) is 0 Å². The number of aromatic carboxylic acids is 1. The number of carboxylic acids is 1. The van der Waals surface area contributed by atoms with Gasteiger partial charge in [-0.15, -0.1) is 0 Å². The third-order valence-corrected chi connectivity index (χ3v) is 5.33. The number of hydrogen-bond acceptors (Lipinski definition) is 3. The number of hydrogen-bond donors (Lipinski definition) is 1. The zero-order valence-corrected chi connectivity index (χ0v) is 16.2. The second-order valence-corrected chi connectivity index (χ2v) is 7.54. The lowest BCUT2D eigenvalue weighted by molar-refractivity contribution is 0.0697. The Balaban J connectivity index is 1.76. The first-order chi connectivity index (χ1) is 13.1. The maximum Gasteiger partial charge on any atom is 0.335 e. The van der Waals surface area contributed by atoms with Gasteiger partial charge in [0.15, 0.2) is 0 Å². The second kappa shape index (κ2) is 9.40. The predicted molar refractivity (Wildman–Crippen MR) is 111 cm³/mol. The van der Waals surface area contributed by atoms with Crippen LogP contribution in [0.5, 0.6) is 0 Å². The second-order valence-electron chi connectivity index (χ2n) is 6.37. The van der Waals surface area contributed by atoms with Gasteiger partial charge in [-0.25, -0.2) is 9.10 Å². The highest BCUT2D eigenvalue weighted by Crippen LogP contribution is 2.27. The first kappa shape index (κ1) is 19.2. The largest absolute Gasteiger partial charge is 0.478 e. The molecule has 3 aromatic rings. The molecule has 138 valence electrons. The molecule has 0 saturated carbocycles. The SMILES string of the molecule is CCc1ccc(CN(Cc2ccccc2)Sc2ccc(C(=O)O)cc2)cc1. The van der Waals surface area contributed by atoms with E-state index in [4.69, 9.17) is 5.11 Å². The summed E-state index contributed by atoms with van der Waals surface area (Å²) in [5.41, 5.74) is 4.16. The van der Waals surface area contributed by atoms with Crippen LogP contribution in [0.3, 0.4) is 0 Å². The Bertz CT molecular complexity index is 861. The molecule has 0 amide bonds. The lowest BCUT2D eigenvalue weighted by atomic mass is 10.1. The van der Waals surface area contributed by atoms with Gasteiger partial charge in [-0.05, 0) is 59.3 Å². The van der Waals surface area contributed by atoms with Crippen molar-refractivity contribution < 1.29 is 9.90 Å². The highest BCUT2D eigenvalue weighted by Gasteiger charge is 2.11. The minimum Gasteiger partial charge on any atom is -0.478 e. The number of benzene rings is 3. The van der Waals surface area contributed by atoms with Crippen molar-refractivity contribution in [3.63, 3.8) is 0 Å². The summed E-state index contributed by atoms with van der Waals surface area (Å²) in [6.45, 7) is 3.78. The van der Waals surface area contributed by atoms with E-state index in [2.05, 4.69) is 59.8 Å². The van der Waals surface area contributed by atoms with Gasteiger partial charge >= 0.3 is 5.97 Å². The molecule has 0 atom stereocenters. The standard InChI is InChI=1S/C23H23NO2S/c1-2-18-8-10-20(11-9-18)17-24(16-19-6-4-3-5-7-19)27-22-14-12-21(13-15-22)23(25)26/h3-15H,2,16-17H2,1H3,(H,25,26). The molecule has 0 aliphatic heterocycles. The fourth-order valence-electron chi connectivity index (χ4n) is 2.80. The van der Waals surface area contributed by atoms with Gasteiger partial charge in [0.25, 0.3) is 0 Å². The quantitative estimate of drug-likeness (QED) is 0.515. The van der Waals surface area contributed by atoms with Crippen molar-refractivity contribution in [3.8, 4) is 0 Å². The van der Waals surface area contributed by atoms with Crippen LogP contribution in [-0.2, 0) is 19.5 Å². The summed E-state index contributed by atoms with van der Waals surface area (Å²) in [5, 5.41) is 9.07. The monoisotopic (exact) mass is 377 g/mol. The van der Waals surface area contributed by atoms with Crippen LogP contribution in [-0.4, -0.2) is 15.4 Å². The van der Waals surface area contributed by atoms with E-state index in [0.29, 0.717) is 5.56 Å². The molecule has 3 rings (SSSR count). The number of nitrogens with zero attached hydrogens (tertiary/aromatic N) is 1. The third-order valence-electron chi connectivity index (χ3n) is 4.33. The van der Waals surface area contributed by atoms with Crippen LogP contribution in [0.4, 0.5) is 0 Å². The average molecular weight is 378 g/mol. The van der Waals surface area contributed by atoms with E-state index in [1.807, 2.05) is 18.2 Å². The van der Waals surface area contributed by atoms with Gasteiger partial charge in [0.2, 0.25) is 0 Å². The smallest absolute Gasteiger partial charge is 0.335 e. The molecule has 0 aromatic heterocycles. The summed E-state index contributed by atoms with van der Waals surface area (Å²) >= 11 is 1.65. The lowest BCUT2D eigenvalue weighted by Gasteiger charge is -2.21. The first-order valence-electron chi connectivity index (χ1n) is 9.02. The Kier molecular flexibility index (Phi) is 6.69. The van der Waals surface area contributed by atoms with Crippen LogP contribution >= 0.6 is 11.9 Å². The molecule has 0 spiro atoms.